The van der Waals surface area contributed by atoms with Gasteiger partial charge in [0.05, 0.1) is 6.20 Å². The van der Waals surface area contributed by atoms with Gasteiger partial charge in [0, 0.05) is 18.5 Å². The number of H-pyrrole nitrogens is 1. The van der Waals surface area contributed by atoms with Crippen molar-refractivity contribution in [3.63, 3.8) is 0 Å². The minimum absolute atomic E-state index is 0.0803. The van der Waals surface area contributed by atoms with Crippen LogP contribution in [0.1, 0.15) is 44.6 Å². The standard InChI is InChI=1S/C11H20N4O/c1-2-3-4-5-6-10(16)13-7-9-8-14-15-11(9)12/h8H,2-7H2,1H3,(H,13,16)(H3,12,14,15). The normalized spacial score (nSPS) is 10.3. The van der Waals surface area contributed by atoms with Gasteiger partial charge in [0.15, 0.2) is 0 Å². The van der Waals surface area contributed by atoms with Crippen LogP contribution in [0.3, 0.4) is 0 Å². The van der Waals surface area contributed by atoms with Gasteiger partial charge in [-0.05, 0) is 6.42 Å². The van der Waals surface area contributed by atoms with Gasteiger partial charge in [0.2, 0.25) is 5.91 Å². The first-order valence-electron chi connectivity index (χ1n) is 5.78. The lowest BCUT2D eigenvalue weighted by molar-refractivity contribution is -0.121. The van der Waals surface area contributed by atoms with Crippen LogP contribution in [0.15, 0.2) is 6.20 Å². The molecule has 0 aromatic carbocycles. The summed E-state index contributed by atoms with van der Waals surface area (Å²) in [5, 5.41) is 9.24. The Hall–Kier alpha value is -1.52. The van der Waals surface area contributed by atoms with Gasteiger partial charge in [-0.15, -0.1) is 0 Å². The van der Waals surface area contributed by atoms with E-state index < -0.39 is 0 Å². The van der Waals surface area contributed by atoms with Gasteiger partial charge in [0.1, 0.15) is 5.82 Å². The number of hydrogen-bond acceptors (Lipinski definition) is 3. The van der Waals surface area contributed by atoms with E-state index in [0.29, 0.717) is 18.8 Å². The molecule has 0 saturated heterocycles. The summed E-state index contributed by atoms with van der Waals surface area (Å²) in [5.41, 5.74) is 6.43. The van der Waals surface area contributed by atoms with Gasteiger partial charge in [0.25, 0.3) is 0 Å². The number of carbonyl (C=O) groups is 1. The molecule has 0 spiro atoms. The van der Waals surface area contributed by atoms with Crippen LogP contribution in [0, 0.1) is 0 Å². The van der Waals surface area contributed by atoms with Gasteiger partial charge >= 0.3 is 0 Å². The number of anilines is 1. The van der Waals surface area contributed by atoms with Gasteiger partial charge in [-0.1, -0.05) is 26.2 Å². The van der Waals surface area contributed by atoms with Crippen LogP contribution in [0.4, 0.5) is 5.82 Å². The molecule has 0 unspecified atom stereocenters. The van der Waals surface area contributed by atoms with Crippen molar-refractivity contribution < 1.29 is 4.79 Å². The van der Waals surface area contributed by atoms with E-state index in [4.69, 9.17) is 5.73 Å². The SMILES string of the molecule is CCCCCCC(=O)NCc1cn[nH]c1N. The number of aromatic nitrogens is 2. The number of nitrogen functional groups attached to an aromatic ring is 1. The molecule has 0 bridgehead atoms. The molecule has 4 N–H and O–H groups in total. The molecule has 1 aromatic rings. The summed E-state index contributed by atoms with van der Waals surface area (Å²) in [4.78, 5) is 11.4. The number of unbranched alkanes of at least 4 members (excludes halogenated alkanes) is 3. The lowest BCUT2D eigenvalue weighted by Crippen LogP contribution is -2.22. The van der Waals surface area contributed by atoms with Crippen molar-refractivity contribution in [2.75, 3.05) is 5.73 Å². The number of nitrogens with zero attached hydrogens (tertiary/aromatic N) is 1. The maximum atomic E-state index is 11.4. The highest BCUT2D eigenvalue weighted by Crippen LogP contribution is 2.06. The van der Waals surface area contributed by atoms with Crippen LogP contribution in [0.2, 0.25) is 0 Å². The summed E-state index contributed by atoms with van der Waals surface area (Å²) < 4.78 is 0. The van der Waals surface area contributed by atoms with E-state index in [-0.39, 0.29) is 5.91 Å². The zero-order valence-electron chi connectivity index (χ0n) is 9.75. The van der Waals surface area contributed by atoms with Crippen LogP contribution in [0.5, 0.6) is 0 Å². The molecule has 0 radical (unpaired) electrons. The molecule has 0 aliphatic rings. The Bertz CT molecular complexity index is 322. The summed E-state index contributed by atoms with van der Waals surface area (Å²) >= 11 is 0. The molecule has 0 fully saturated rings. The molecule has 5 heteroatoms. The smallest absolute Gasteiger partial charge is 0.220 e. The monoisotopic (exact) mass is 224 g/mol. The third-order valence-electron chi connectivity index (χ3n) is 2.48. The minimum Gasteiger partial charge on any atom is -0.384 e. The van der Waals surface area contributed by atoms with E-state index in [1.54, 1.807) is 6.20 Å². The maximum absolute atomic E-state index is 11.4. The Morgan fingerprint density at radius 2 is 2.31 bits per heavy atom. The van der Waals surface area contributed by atoms with Crippen LogP contribution in [0.25, 0.3) is 0 Å². The Kier molecular flexibility index (Phi) is 5.39. The summed E-state index contributed by atoms with van der Waals surface area (Å²) in [6.45, 7) is 2.61. The molecule has 0 atom stereocenters. The molecule has 1 aromatic heterocycles. The third-order valence-corrected chi connectivity index (χ3v) is 2.48. The van der Waals surface area contributed by atoms with Gasteiger partial charge in [-0.3, -0.25) is 9.89 Å². The second kappa shape index (κ2) is 6.87. The molecule has 5 nitrogen and oxygen atoms in total. The summed E-state index contributed by atoms with van der Waals surface area (Å²) in [6.07, 6.45) is 6.69. The van der Waals surface area contributed by atoms with E-state index >= 15 is 0 Å². The fourth-order valence-corrected chi connectivity index (χ4v) is 1.46. The fourth-order valence-electron chi connectivity index (χ4n) is 1.46. The topological polar surface area (TPSA) is 83.8 Å². The van der Waals surface area contributed by atoms with E-state index in [9.17, 15) is 4.79 Å². The van der Waals surface area contributed by atoms with Crippen molar-refractivity contribution in [2.45, 2.75) is 45.6 Å². The predicted octanol–water partition coefficient (Wildman–Crippen LogP) is 1.58. The molecular weight excluding hydrogens is 204 g/mol. The molecule has 16 heavy (non-hydrogen) atoms. The van der Waals surface area contributed by atoms with Crippen molar-refractivity contribution in [1.82, 2.24) is 15.5 Å². The molecule has 0 aliphatic heterocycles. The average Bonchev–Trinajstić information content (AvgIpc) is 2.67. The zero-order chi connectivity index (χ0) is 11.8. The first-order valence-corrected chi connectivity index (χ1v) is 5.78. The first kappa shape index (κ1) is 12.5. The number of nitrogens with two attached hydrogens (primary N) is 1. The van der Waals surface area contributed by atoms with Crippen LogP contribution in [-0.2, 0) is 11.3 Å². The second-order valence-electron chi connectivity index (χ2n) is 3.90. The van der Waals surface area contributed by atoms with Gasteiger partial charge < -0.3 is 11.1 Å². The predicted molar refractivity (Wildman–Crippen MR) is 63.6 cm³/mol. The van der Waals surface area contributed by atoms with Gasteiger partial charge in [-0.2, -0.15) is 5.10 Å². The number of hydrogen-bond donors (Lipinski definition) is 3. The molecule has 0 saturated carbocycles. The molecular formula is C11H20N4O. The van der Waals surface area contributed by atoms with Crippen molar-refractivity contribution in [1.29, 1.82) is 0 Å². The maximum Gasteiger partial charge on any atom is 0.220 e. The largest absolute Gasteiger partial charge is 0.384 e. The fraction of sp³-hybridized carbons (Fsp3) is 0.636. The van der Waals surface area contributed by atoms with Crippen LogP contribution >= 0.6 is 0 Å². The molecule has 1 amide bonds. The van der Waals surface area contributed by atoms with E-state index in [1.165, 1.54) is 12.8 Å². The van der Waals surface area contributed by atoms with Crippen molar-refractivity contribution in [2.24, 2.45) is 0 Å². The van der Waals surface area contributed by atoms with E-state index in [0.717, 1.165) is 18.4 Å². The third kappa shape index (κ3) is 4.33. The zero-order valence-corrected chi connectivity index (χ0v) is 9.75. The number of rotatable bonds is 7. The van der Waals surface area contributed by atoms with Crippen molar-refractivity contribution in [3.8, 4) is 0 Å². The Morgan fingerprint density at radius 1 is 1.50 bits per heavy atom. The Labute approximate surface area is 95.8 Å². The van der Waals surface area contributed by atoms with Gasteiger partial charge in [-0.25, -0.2) is 0 Å². The number of nitrogens with one attached hydrogen (secondary N) is 2. The second-order valence-corrected chi connectivity index (χ2v) is 3.90. The highest BCUT2D eigenvalue weighted by molar-refractivity contribution is 5.75. The lowest BCUT2D eigenvalue weighted by Gasteiger charge is -2.03. The van der Waals surface area contributed by atoms with Crippen molar-refractivity contribution in [3.05, 3.63) is 11.8 Å². The lowest BCUT2D eigenvalue weighted by atomic mass is 10.1. The number of amides is 1. The molecule has 90 valence electrons. The molecule has 1 rings (SSSR count). The minimum atomic E-state index is 0.0803. The van der Waals surface area contributed by atoms with Crippen molar-refractivity contribution >= 4 is 11.7 Å². The number of aromatic amines is 1. The summed E-state index contributed by atoms with van der Waals surface area (Å²) in [6, 6.07) is 0. The average molecular weight is 224 g/mol. The summed E-state index contributed by atoms with van der Waals surface area (Å²) in [5.74, 6) is 0.600. The highest BCUT2D eigenvalue weighted by Gasteiger charge is 2.04. The first-order chi connectivity index (χ1) is 7.74. The highest BCUT2D eigenvalue weighted by atomic mass is 16.1. The Morgan fingerprint density at radius 3 is 2.94 bits per heavy atom. The van der Waals surface area contributed by atoms with Crippen LogP contribution in [-0.4, -0.2) is 16.1 Å². The Balaban J connectivity index is 2.13. The van der Waals surface area contributed by atoms with E-state index in [1.807, 2.05) is 0 Å². The quantitative estimate of drug-likeness (QED) is 0.615. The molecule has 0 aliphatic carbocycles. The molecule has 1 heterocycles. The van der Waals surface area contributed by atoms with E-state index in [2.05, 4.69) is 22.4 Å². The summed E-state index contributed by atoms with van der Waals surface area (Å²) in [7, 11) is 0. The van der Waals surface area contributed by atoms with Crippen LogP contribution < -0.4 is 11.1 Å². The number of carbonyl (C=O) groups excluding carboxylic acids is 1.